The maximum Gasteiger partial charge on any atom is 0.326 e. The Morgan fingerprint density at radius 3 is 2.14 bits per heavy atom. The van der Waals surface area contributed by atoms with Gasteiger partial charge in [0.2, 0.25) is 35.4 Å². The average molecular weight is 516 g/mol. The van der Waals surface area contributed by atoms with Crippen molar-refractivity contribution in [2.75, 3.05) is 13.2 Å². The monoisotopic (exact) mass is 516 g/mol. The lowest BCUT2D eigenvalue weighted by Gasteiger charge is -2.21. The second kappa shape index (κ2) is 14.2. The van der Waals surface area contributed by atoms with Crippen LogP contribution >= 0.6 is 0 Å². The Kier molecular flexibility index (Phi) is 11.7. The highest BCUT2D eigenvalue weighted by atomic mass is 16.4. The summed E-state index contributed by atoms with van der Waals surface area (Å²) in [5.41, 5.74) is 4.91. The molecule has 0 aromatic carbocycles. The second-order valence-corrected chi connectivity index (χ2v) is 7.74. The van der Waals surface area contributed by atoms with E-state index in [1.807, 2.05) is 10.6 Å². The van der Waals surface area contributed by atoms with Gasteiger partial charge in [-0.1, -0.05) is 0 Å². The van der Waals surface area contributed by atoms with E-state index in [2.05, 4.69) is 16.0 Å². The van der Waals surface area contributed by atoms with Gasteiger partial charge in [0.05, 0.1) is 19.6 Å². The molecule has 0 spiro atoms. The molecule has 1 fully saturated rings. The lowest BCUT2D eigenvalue weighted by molar-refractivity contribution is -0.144. The molecule has 0 aromatic heterocycles. The molecule has 200 valence electrons. The molecule has 0 radical (unpaired) electrons. The fourth-order valence-electron chi connectivity index (χ4n) is 3.02. The number of amides is 6. The van der Waals surface area contributed by atoms with Gasteiger partial charge in [-0.15, -0.1) is 0 Å². The third-order valence-corrected chi connectivity index (χ3v) is 4.87. The van der Waals surface area contributed by atoms with Gasteiger partial charge in [-0.2, -0.15) is 0 Å². The van der Waals surface area contributed by atoms with Crippen molar-refractivity contribution in [3.63, 3.8) is 0 Å². The van der Waals surface area contributed by atoms with Crippen molar-refractivity contribution in [1.29, 1.82) is 0 Å². The van der Waals surface area contributed by atoms with E-state index in [0.29, 0.717) is 0 Å². The van der Waals surface area contributed by atoms with Crippen LogP contribution in [0.15, 0.2) is 0 Å². The summed E-state index contributed by atoms with van der Waals surface area (Å²) in [4.78, 5) is 93.2. The van der Waals surface area contributed by atoms with Gasteiger partial charge in [-0.05, 0) is 12.8 Å². The SMILES string of the molecule is NC(=O)CC(NC(=O)C(CO)NC(=O)CNC(=O)C(CCC(=O)O)NC(=O)C1CCC(=O)N1)C(=O)O. The summed E-state index contributed by atoms with van der Waals surface area (Å²) in [6.45, 7) is -1.72. The van der Waals surface area contributed by atoms with Crippen LogP contribution in [0.3, 0.4) is 0 Å². The molecule has 1 saturated heterocycles. The van der Waals surface area contributed by atoms with Gasteiger partial charge in [0.15, 0.2) is 0 Å². The lowest BCUT2D eigenvalue weighted by atomic mass is 10.1. The molecule has 17 heteroatoms. The molecule has 4 unspecified atom stereocenters. The third-order valence-electron chi connectivity index (χ3n) is 4.87. The number of rotatable bonds is 15. The Bertz CT molecular complexity index is 908. The maximum absolute atomic E-state index is 12.5. The maximum atomic E-state index is 12.5. The molecule has 17 nitrogen and oxygen atoms in total. The van der Waals surface area contributed by atoms with E-state index >= 15 is 0 Å². The number of carbonyl (C=O) groups excluding carboxylic acids is 6. The molecule has 0 aromatic rings. The predicted molar refractivity (Wildman–Crippen MR) is 115 cm³/mol. The van der Waals surface area contributed by atoms with Crippen LogP contribution in [0.4, 0.5) is 0 Å². The fraction of sp³-hybridized carbons (Fsp3) is 0.579. The van der Waals surface area contributed by atoms with Crippen molar-refractivity contribution in [3.8, 4) is 0 Å². The summed E-state index contributed by atoms with van der Waals surface area (Å²) in [6.07, 6.45) is -1.26. The van der Waals surface area contributed by atoms with Gasteiger partial charge in [-0.3, -0.25) is 33.6 Å². The van der Waals surface area contributed by atoms with Crippen LogP contribution in [0.25, 0.3) is 0 Å². The third kappa shape index (κ3) is 10.3. The highest BCUT2D eigenvalue weighted by Gasteiger charge is 2.31. The van der Waals surface area contributed by atoms with Crippen LogP contribution in [-0.2, 0) is 38.4 Å². The van der Waals surface area contributed by atoms with Gasteiger partial charge < -0.3 is 47.6 Å². The highest BCUT2D eigenvalue weighted by Crippen LogP contribution is 2.08. The lowest BCUT2D eigenvalue weighted by Crippen LogP contribution is -2.56. The Morgan fingerprint density at radius 2 is 1.64 bits per heavy atom. The van der Waals surface area contributed by atoms with Crippen molar-refractivity contribution >= 4 is 47.4 Å². The van der Waals surface area contributed by atoms with Crippen LogP contribution in [0, 0.1) is 0 Å². The Hall–Kier alpha value is -4.28. The van der Waals surface area contributed by atoms with Crippen molar-refractivity contribution in [2.24, 2.45) is 5.73 Å². The highest BCUT2D eigenvalue weighted by molar-refractivity contribution is 5.96. The fourth-order valence-corrected chi connectivity index (χ4v) is 3.02. The van der Waals surface area contributed by atoms with Gasteiger partial charge in [0, 0.05) is 12.8 Å². The van der Waals surface area contributed by atoms with Crippen LogP contribution < -0.4 is 32.3 Å². The van der Waals surface area contributed by atoms with E-state index in [0.717, 1.165) is 0 Å². The summed E-state index contributed by atoms with van der Waals surface area (Å²) >= 11 is 0. The van der Waals surface area contributed by atoms with Crippen molar-refractivity contribution in [3.05, 3.63) is 0 Å². The van der Waals surface area contributed by atoms with Crippen molar-refractivity contribution in [2.45, 2.75) is 56.3 Å². The van der Waals surface area contributed by atoms with Crippen molar-refractivity contribution < 1.29 is 53.7 Å². The first-order valence-electron chi connectivity index (χ1n) is 10.6. The second-order valence-electron chi connectivity index (χ2n) is 7.74. The van der Waals surface area contributed by atoms with Crippen molar-refractivity contribution in [1.82, 2.24) is 26.6 Å². The minimum atomic E-state index is -1.70. The number of carbonyl (C=O) groups is 8. The first-order chi connectivity index (χ1) is 16.8. The molecule has 36 heavy (non-hydrogen) atoms. The summed E-state index contributed by atoms with van der Waals surface area (Å²) in [6, 6.07) is -5.60. The van der Waals surface area contributed by atoms with E-state index in [1.165, 1.54) is 0 Å². The number of carboxylic acid groups (broad SMARTS) is 2. The van der Waals surface area contributed by atoms with Gasteiger partial charge in [-0.25, -0.2) is 4.79 Å². The summed E-state index contributed by atoms with van der Waals surface area (Å²) < 4.78 is 0. The molecule has 1 aliphatic rings. The minimum Gasteiger partial charge on any atom is -0.481 e. The number of primary amides is 1. The molecule has 1 rings (SSSR count). The Morgan fingerprint density at radius 1 is 0.972 bits per heavy atom. The first-order valence-corrected chi connectivity index (χ1v) is 10.6. The van der Waals surface area contributed by atoms with E-state index in [4.69, 9.17) is 15.9 Å². The van der Waals surface area contributed by atoms with Crippen LogP contribution in [0.2, 0.25) is 0 Å². The molecule has 0 bridgehead atoms. The number of hydrogen-bond donors (Lipinski definition) is 9. The van der Waals surface area contributed by atoms with Crippen LogP contribution in [-0.4, -0.2) is 100 Å². The number of nitrogens with one attached hydrogen (secondary N) is 5. The number of aliphatic hydroxyl groups is 1. The molecule has 1 heterocycles. The Labute approximate surface area is 203 Å². The Balaban J connectivity index is 2.68. The zero-order valence-electron chi connectivity index (χ0n) is 18.9. The largest absolute Gasteiger partial charge is 0.481 e. The molecular formula is C19H28N6O11. The predicted octanol–water partition coefficient (Wildman–Crippen LogP) is -5.35. The quantitative estimate of drug-likeness (QED) is 0.0990. The topological polar surface area (TPSA) is 283 Å². The summed E-state index contributed by atoms with van der Waals surface area (Å²) in [5.74, 6) is -7.98. The van der Waals surface area contributed by atoms with E-state index < -0.39 is 91.6 Å². The van der Waals surface area contributed by atoms with Gasteiger partial charge in [0.1, 0.15) is 24.2 Å². The summed E-state index contributed by atoms with van der Waals surface area (Å²) in [7, 11) is 0. The summed E-state index contributed by atoms with van der Waals surface area (Å²) in [5, 5.41) is 38.1. The zero-order valence-corrected chi connectivity index (χ0v) is 18.9. The van der Waals surface area contributed by atoms with Gasteiger partial charge in [0.25, 0.3) is 0 Å². The molecule has 0 saturated carbocycles. The average Bonchev–Trinajstić information content (AvgIpc) is 3.23. The number of hydrogen-bond acceptors (Lipinski definition) is 9. The smallest absolute Gasteiger partial charge is 0.326 e. The molecule has 1 aliphatic heterocycles. The first kappa shape index (κ1) is 29.8. The minimum absolute atomic E-state index is 0.111. The van der Waals surface area contributed by atoms with E-state index in [9.17, 15) is 43.5 Å². The zero-order chi connectivity index (χ0) is 27.4. The normalized spacial score (nSPS) is 17.0. The van der Waals surface area contributed by atoms with E-state index in [1.54, 1.807) is 0 Å². The molecular weight excluding hydrogens is 488 g/mol. The van der Waals surface area contributed by atoms with E-state index in [-0.39, 0.29) is 25.2 Å². The number of carboxylic acids is 2. The molecule has 4 atom stereocenters. The standard InChI is InChI=1S/C19H28N6O11/c20-12(27)5-10(19(35)36)25-18(34)11(7-26)23-14(29)6-21-16(32)8(2-4-15(30)31)24-17(33)9-1-3-13(28)22-9/h8-11,26H,1-7H2,(H2,20,27)(H,21,32)(H,22,28)(H,23,29)(H,24,33)(H,25,34)(H,30,31)(H,35,36). The van der Waals surface area contributed by atoms with Crippen LogP contribution in [0.1, 0.15) is 32.1 Å². The van der Waals surface area contributed by atoms with Crippen LogP contribution in [0.5, 0.6) is 0 Å². The molecule has 10 N–H and O–H groups in total. The molecule has 6 amide bonds. The number of nitrogens with two attached hydrogens (primary N) is 1. The number of aliphatic hydroxyl groups excluding tert-OH is 1. The number of aliphatic carboxylic acids is 2. The van der Waals surface area contributed by atoms with Gasteiger partial charge >= 0.3 is 11.9 Å². The molecule has 0 aliphatic carbocycles.